The van der Waals surface area contributed by atoms with Gasteiger partial charge in [-0.3, -0.25) is 4.98 Å². The highest BCUT2D eigenvalue weighted by atomic mass is 32.2. The number of rotatable bonds is 5. The van der Waals surface area contributed by atoms with Gasteiger partial charge in [-0.1, -0.05) is 48.0 Å². The molecule has 0 amide bonds. The number of carbonyl (C=O) groups is 1. The average Bonchev–Trinajstić information content (AvgIpc) is 3.13. The van der Waals surface area contributed by atoms with E-state index in [0.29, 0.717) is 22.6 Å². The molecule has 2 aromatic carbocycles. The predicted molar refractivity (Wildman–Crippen MR) is 135 cm³/mol. The highest BCUT2D eigenvalue weighted by Crippen LogP contribution is 2.45. The number of hydrogen-bond donors (Lipinski definition) is 1. The highest BCUT2D eigenvalue weighted by Gasteiger charge is 2.38. The summed E-state index contributed by atoms with van der Waals surface area (Å²) in [5.41, 5.74) is 3.40. The molecule has 1 aliphatic rings. The number of sulfonamides is 1. The summed E-state index contributed by atoms with van der Waals surface area (Å²) in [5.74, 6) is -0.688. The standard InChI is InChI=1S/C27H25N3O4S/c1-3-34-27(31)21-15-17-30(35(32,33)19-13-11-18(2)12-14-19)26-25(20-8-4-5-9-22(20)29-26)24(21)23-10-6-7-16-28-23/h4-16,24,29H,3,17H2,1-2H3. The Labute approximate surface area is 204 Å². The lowest BCUT2D eigenvalue weighted by Gasteiger charge is -2.23. The number of carbonyl (C=O) groups excluding carboxylic acids is 1. The van der Waals surface area contributed by atoms with Gasteiger partial charge in [0.1, 0.15) is 5.82 Å². The van der Waals surface area contributed by atoms with Crippen molar-refractivity contribution in [2.45, 2.75) is 24.7 Å². The van der Waals surface area contributed by atoms with Crippen LogP contribution in [0.5, 0.6) is 0 Å². The number of ether oxygens (including phenoxy) is 1. The molecule has 2 aromatic heterocycles. The number of nitrogens with zero attached hydrogens (tertiary/aromatic N) is 2. The highest BCUT2D eigenvalue weighted by molar-refractivity contribution is 7.92. The second-order valence-corrected chi connectivity index (χ2v) is 10.2. The maximum absolute atomic E-state index is 13.9. The molecule has 0 aliphatic carbocycles. The Hall–Kier alpha value is -3.91. The van der Waals surface area contributed by atoms with Crippen molar-refractivity contribution in [2.24, 2.45) is 0 Å². The maximum atomic E-state index is 13.9. The molecule has 1 atom stereocenters. The van der Waals surface area contributed by atoms with E-state index in [4.69, 9.17) is 4.74 Å². The third kappa shape index (κ3) is 4.00. The van der Waals surface area contributed by atoms with Gasteiger partial charge in [-0.05, 0) is 44.2 Å². The normalized spacial score (nSPS) is 15.9. The second kappa shape index (κ2) is 9.03. The van der Waals surface area contributed by atoms with Crippen LogP contribution in [0.2, 0.25) is 0 Å². The molecule has 5 rings (SSSR count). The number of nitrogens with one attached hydrogen (secondary N) is 1. The topological polar surface area (TPSA) is 92.4 Å². The molecule has 0 spiro atoms. The van der Waals surface area contributed by atoms with E-state index in [1.807, 2.05) is 43.3 Å². The number of benzene rings is 2. The molecule has 0 radical (unpaired) electrons. The van der Waals surface area contributed by atoms with Gasteiger partial charge in [0.15, 0.2) is 0 Å². The summed E-state index contributed by atoms with van der Waals surface area (Å²) in [6, 6.07) is 19.8. The van der Waals surface area contributed by atoms with E-state index < -0.39 is 21.9 Å². The number of pyridine rings is 1. The number of aromatic amines is 1. The number of aromatic nitrogens is 2. The lowest BCUT2D eigenvalue weighted by atomic mass is 9.87. The molecule has 178 valence electrons. The van der Waals surface area contributed by atoms with E-state index >= 15 is 0 Å². The summed E-state index contributed by atoms with van der Waals surface area (Å²) in [4.78, 5) is 21.2. The van der Waals surface area contributed by atoms with Crippen molar-refractivity contribution in [1.29, 1.82) is 0 Å². The number of para-hydroxylation sites is 1. The fraction of sp³-hybridized carbons (Fsp3) is 0.185. The van der Waals surface area contributed by atoms with Gasteiger partial charge in [-0.2, -0.15) is 0 Å². The van der Waals surface area contributed by atoms with Gasteiger partial charge in [-0.25, -0.2) is 17.5 Å². The van der Waals surface area contributed by atoms with Crippen molar-refractivity contribution in [3.8, 4) is 0 Å². The van der Waals surface area contributed by atoms with Crippen LogP contribution in [0.3, 0.4) is 0 Å². The van der Waals surface area contributed by atoms with Gasteiger partial charge in [0, 0.05) is 28.2 Å². The van der Waals surface area contributed by atoms with Crippen LogP contribution in [0.1, 0.15) is 29.7 Å². The SMILES string of the molecule is CCOC(=O)C1=CCN(S(=O)(=O)c2ccc(C)cc2)c2[nH]c3ccccc3c2C1c1ccccn1. The van der Waals surface area contributed by atoms with E-state index in [0.717, 1.165) is 16.5 Å². The summed E-state index contributed by atoms with van der Waals surface area (Å²) >= 11 is 0. The number of H-pyrrole nitrogens is 1. The predicted octanol–water partition coefficient (Wildman–Crippen LogP) is 4.70. The van der Waals surface area contributed by atoms with Crippen molar-refractivity contribution in [1.82, 2.24) is 9.97 Å². The van der Waals surface area contributed by atoms with E-state index in [9.17, 15) is 13.2 Å². The monoisotopic (exact) mass is 487 g/mol. The minimum atomic E-state index is -3.95. The third-order valence-corrected chi connectivity index (χ3v) is 7.93. The molecule has 0 bridgehead atoms. The molecule has 1 aliphatic heterocycles. The van der Waals surface area contributed by atoms with Crippen molar-refractivity contribution in [3.63, 3.8) is 0 Å². The number of anilines is 1. The summed E-state index contributed by atoms with van der Waals surface area (Å²) in [5, 5.41) is 0.819. The van der Waals surface area contributed by atoms with E-state index in [1.165, 1.54) is 4.31 Å². The zero-order chi connectivity index (χ0) is 24.6. The number of aryl methyl sites for hydroxylation is 1. The van der Waals surface area contributed by atoms with Gasteiger partial charge < -0.3 is 9.72 Å². The Bertz CT molecular complexity index is 1520. The summed E-state index contributed by atoms with van der Waals surface area (Å²) < 4.78 is 34.5. The zero-order valence-electron chi connectivity index (χ0n) is 19.4. The maximum Gasteiger partial charge on any atom is 0.334 e. The van der Waals surface area contributed by atoms with Gasteiger partial charge in [0.2, 0.25) is 0 Å². The molecule has 4 aromatic rings. The Morgan fingerprint density at radius 3 is 2.54 bits per heavy atom. The molecule has 0 fully saturated rings. The Kier molecular flexibility index (Phi) is 5.90. The molecule has 0 saturated carbocycles. The quantitative estimate of drug-likeness (QED) is 0.412. The minimum Gasteiger partial charge on any atom is -0.463 e. The summed E-state index contributed by atoms with van der Waals surface area (Å²) in [6.07, 6.45) is 3.31. The van der Waals surface area contributed by atoms with Crippen LogP contribution in [0, 0.1) is 6.92 Å². The minimum absolute atomic E-state index is 0.0342. The van der Waals surface area contributed by atoms with Gasteiger partial charge in [-0.15, -0.1) is 0 Å². The van der Waals surface area contributed by atoms with Crippen molar-refractivity contribution in [3.05, 3.63) is 101 Å². The average molecular weight is 488 g/mol. The largest absolute Gasteiger partial charge is 0.463 e. The zero-order valence-corrected chi connectivity index (χ0v) is 20.2. The van der Waals surface area contributed by atoms with Gasteiger partial charge in [0.05, 0.1) is 29.7 Å². The molecule has 7 nitrogen and oxygen atoms in total. The van der Waals surface area contributed by atoms with Crippen LogP contribution < -0.4 is 4.31 Å². The third-order valence-electron chi connectivity index (χ3n) is 6.16. The van der Waals surface area contributed by atoms with Crippen molar-refractivity contribution < 1.29 is 17.9 Å². The van der Waals surface area contributed by atoms with Gasteiger partial charge >= 0.3 is 5.97 Å². The summed E-state index contributed by atoms with van der Waals surface area (Å²) in [7, 11) is -3.95. The van der Waals surface area contributed by atoms with Crippen LogP contribution in [0.15, 0.2) is 89.5 Å². The molecule has 1 N–H and O–H groups in total. The number of fused-ring (bicyclic) bond motifs is 3. The first kappa shape index (κ1) is 22.9. The Morgan fingerprint density at radius 1 is 1.09 bits per heavy atom. The molecule has 3 heterocycles. The van der Waals surface area contributed by atoms with Crippen LogP contribution in [-0.2, 0) is 19.6 Å². The van der Waals surface area contributed by atoms with E-state index in [-0.39, 0.29) is 18.0 Å². The fourth-order valence-corrected chi connectivity index (χ4v) is 5.90. The van der Waals surface area contributed by atoms with Gasteiger partial charge in [0.25, 0.3) is 10.0 Å². The van der Waals surface area contributed by atoms with Crippen LogP contribution in [-0.4, -0.2) is 37.5 Å². The first-order valence-corrected chi connectivity index (χ1v) is 12.8. The molecule has 1 unspecified atom stereocenters. The first-order valence-electron chi connectivity index (χ1n) is 11.4. The molecule has 8 heteroatoms. The lowest BCUT2D eigenvalue weighted by Crippen LogP contribution is -2.31. The van der Waals surface area contributed by atoms with Crippen LogP contribution in [0.4, 0.5) is 5.82 Å². The second-order valence-electron chi connectivity index (χ2n) is 8.35. The fourth-order valence-electron chi connectivity index (χ4n) is 4.51. The van der Waals surface area contributed by atoms with E-state index in [2.05, 4.69) is 9.97 Å². The van der Waals surface area contributed by atoms with Crippen molar-refractivity contribution >= 4 is 32.7 Å². The Morgan fingerprint density at radius 2 is 1.83 bits per heavy atom. The smallest absolute Gasteiger partial charge is 0.334 e. The molecular weight excluding hydrogens is 462 g/mol. The molecular formula is C27H25N3O4S. The summed E-state index contributed by atoms with van der Waals surface area (Å²) in [6.45, 7) is 3.82. The molecule has 35 heavy (non-hydrogen) atoms. The van der Waals surface area contributed by atoms with Crippen LogP contribution >= 0.6 is 0 Å². The lowest BCUT2D eigenvalue weighted by molar-refractivity contribution is -0.138. The van der Waals surface area contributed by atoms with Crippen LogP contribution in [0.25, 0.3) is 10.9 Å². The number of hydrogen-bond acceptors (Lipinski definition) is 5. The van der Waals surface area contributed by atoms with E-state index in [1.54, 1.807) is 49.5 Å². The first-order chi connectivity index (χ1) is 16.9. The number of esters is 1. The van der Waals surface area contributed by atoms with Crippen molar-refractivity contribution in [2.75, 3.05) is 17.5 Å². The Balaban J connectivity index is 1.80. The molecule has 0 saturated heterocycles.